The van der Waals surface area contributed by atoms with Crippen molar-refractivity contribution in [3.63, 3.8) is 0 Å². The number of hydrogen-bond acceptors (Lipinski definition) is 8. The first-order valence-corrected chi connectivity index (χ1v) is 12.1. The molecule has 35 heavy (non-hydrogen) atoms. The molecule has 0 fully saturated rings. The Morgan fingerprint density at radius 2 is 2.03 bits per heavy atom. The van der Waals surface area contributed by atoms with E-state index in [4.69, 9.17) is 18.9 Å². The van der Waals surface area contributed by atoms with Gasteiger partial charge in [0.1, 0.15) is 11.8 Å². The first-order valence-electron chi connectivity index (χ1n) is 11.2. The molecule has 0 amide bonds. The van der Waals surface area contributed by atoms with Crippen LogP contribution in [-0.2, 0) is 9.53 Å². The summed E-state index contributed by atoms with van der Waals surface area (Å²) in [7, 11) is 1.32. The molecule has 5 rings (SSSR count). The summed E-state index contributed by atoms with van der Waals surface area (Å²) in [6, 6.07) is 12.2. The third kappa shape index (κ3) is 4.12. The molecule has 0 N–H and O–H groups in total. The summed E-state index contributed by atoms with van der Waals surface area (Å²) in [5, 5.41) is 0. The minimum atomic E-state index is -0.731. The minimum Gasteiger partial charge on any atom is -0.493 e. The highest BCUT2D eigenvalue weighted by Crippen LogP contribution is 2.36. The summed E-state index contributed by atoms with van der Waals surface area (Å²) in [5.74, 6) is 1.38. The zero-order chi connectivity index (χ0) is 24.5. The number of esters is 1. The lowest BCUT2D eigenvalue weighted by atomic mass is 9.95. The first kappa shape index (κ1) is 22.9. The molecule has 0 spiro atoms. The molecular weight excluding hydrogens is 468 g/mol. The molecule has 0 saturated heterocycles. The first-order chi connectivity index (χ1) is 17.0. The molecular formula is C26H24N2O6S. The van der Waals surface area contributed by atoms with Crippen molar-refractivity contribution >= 4 is 23.4 Å². The lowest BCUT2D eigenvalue weighted by Gasteiger charge is -2.26. The number of carbonyl (C=O) groups excluding carboxylic acids is 1. The van der Waals surface area contributed by atoms with Crippen LogP contribution in [0.2, 0.25) is 0 Å². The number of benzene rings is 2. The molecule has 2 aliphatic heterocycles. The minimum absolute atomic E-state index is 0.177. The fourth-order valence-electron chi connectivity index (χ4n) is 4.19. The largest absolute Gasteiger partial charge is 0.493 e. The number of nitrogens with zero attached hydrogens (tertiary/aromatic N) is 2. The maximum atomic E-state index is 13.7. The van der Waals surface area contributed by atoms with E-state index in [1.54, 1.807) is 17.6 Å². The SMILES string of the molecule is CCCOc1ccccc1C1C(C(=O)OC)=C(C)N=c2s/c(=C\c3ccc4c(c3)OCO4)c(=O)n21. The lowest BCUT2D eigenvalue weighted by molar-refractivity contribution is -0.136. The van der Waals surface area contributed by atoms with Crippen LogP contribution in [0.3, 0.4) is 0 Å². The van der Waals surface area contributed by atoms with Crippen molar-refractivity contribution in [1.29, 1.82) is 0 Å². The van der Waals surface area contributed by atoms with Gasteiger partial charge < -0.3 is 18.9 Å². The quantitative estimate of drug-likeness (QED) is 0.492. The number of thiazole rings is 1. The topological polar surface area (TPSA) is 88.4 Å². The molecule has 180 valence electrons. The summed E-state index contributed by atoms with van der Waals surface area (Å²) < 4.78 is 24.0. The summed E-state index contributed by atoms with van der Waals surface area (Å²) in [6.45, 7) is 4.46. The number of aromatic nitrogens is 1. The van der Waals surface area contributed by atoms with Gasteiger partial charge in [0, 0.05) is 5.56 Å². The molecule has 1 unspecified atom stereocenters. The van der Waals surface area contributed by atoms with E-state index >= 15 is 0 Å². The molecule has 0 aliphatic carbocycles. The van der Waals surface area contributed by atoms with Crippen LogP contribution < -0.4 is 29.1 Å². The molecule has 3 heterocycles. The van der Waals surface area contributed by atoms with E-state index in [1.807, 2.05) is 49.4 Å². The molecule has 8 nitrogen and oxygen atoms in total. The Labute approximate surface area is 205 Å². The van der Waals surface area contributed by atoms with Crippen LogP contribution in [0.1, 0.15) is 37.4 Å². The van der Waals surface area contributed by atoms with E-state index in [0.29, 0.717) is 50.0 Å². The number of ether oxygens (including phenoxy) is 4. The van der Waals surface area contributed by atoms with Crippen LogP contribution in [0.4, 0.5) is 0 Å². The second-order valence-corrected chi connectivity index (χ2v) is 9.08. The highest BCUT2D eigenvalue weighted by atomic mass is 32.1. The van der Waals surface area contributed by atoms with Gasteiger partial charge in [-0.15, -0.1) is 0 Å². The van der Waals surface area contributed by atoms with E-state index in [1.165, 1.54) is 18.4 Å². The summed E-state index contributed by atoms with van der Waals surface area (Å²) in [6.07, 6.45) is 2.62. The third-order valence-electron chi connectivity index (χ3n) is 5.80. The van der Waals surface area contributed by atoms with Crippen molar-refractivity contribution in [2.75, 3.05) is 20.5 Å². The molecule has 0 bridgehead atoms. The predicted molar refractivity (Wildman–Crippen MR) is 131 cm³/mol. The molecule has 0 saturated carbocycles. The molecule has 3 aromatic rings. The van der Waals surface area contributed by atoms with E-state index in [9.17, 15) is 9.59 Å². The summed E-state index contributed by atoms with van der Waals surface area (Å²) in [4.78, 5) is 31.7. The molecule has 9 heteroatoms. The second-order valence-electron chi connectivity index (χ2n) is 8.07. The molecule has 2 aliphatic rings. The number of methoxy groups -OCH3 is 1. The monoisotopic (exact) mass is 492 g/mol. The van der Waals surface area contributed by atoms with Crippen LogP contribution in [0.25, 0.3) is 6.08 Å². The molecule has 0 radical (unpaired) electrons. The Morgan fingerprint density at radius 1 is 1.23 bits per heavy atom. The van der Waals surface area contributed by atoms with Gasteiger partial charge in [-0.05, 0) is 43.2 Å². The zero-order valence-corrected chi connectivity index (χ0v) is 20.4. The normalized spacial score (nSPS) is 16.7. The molecule has 1 atom stereocenters. The molecule has 2 aromatic carbocycles. The van der Waals surface area contributed by atoms with Gasteiger partial charge in [-0.2, -0.15) is 0 Å². The fraction of sp³-hybridized carbons (Fsp3) is 0.269. The Kier molecular flexibility index (Phi) is 6.17. The fourth-order valence-corrected chi connectivity index (χ4v) is 5.24. The number of rotatable bonds is 6. The number of para-hydroxylation sites is 1. The second kappa shape index (κ2) is 9.42. The third-order valence-corrected chi connectivity index (χ3v) is 6.78. The van der Waals surface area contributed by atoms with Gasteiger partial charge in [0.05, 0.1) is 29.5 Å². The Morgan fingerprint density at radius 3 is 2.83 bits per heavy atom. The Bertz CT molecular complexity index is 1520. The molecule has 1 aromatic heterocycles. The smallest absolute Gasteiger partial charge is 0.338 e. The van der Waals surface area contributed by atoms with Crippen LogP contribution in [0, 0.1) is 0 Å². The van der Waals surface area contributed by atoms with Crippen molar-refractivity contribution < 1.29 is 23.7 Å². The predicted octanol–water partition coefficient (Wildman–Crippen LogP) is 2.93. The van der Waals surface area contributed by atoms with Crippen molar-refractivity contribution in [3.8, 4) is 17.2 Å². The number of hydrogen-bond donors (Lipinski definition) is 0. The highest BCUT2D eigenvalue weighted by Gasteiger charge is 2.34. The maximum absolute atomic E-state index is 13.7. The summed E-state index contributed by atoms with van der Waals surface area (Å²) >= 11 is 1.27. The Hall–Kier alpha value is -3.85. The standard InChI is InChI=1S/C26H24N2O6S/c1-4-11-32-18-8-6-5-7-17(18)23-22(25(30)31-3)15(2)27-26-28(23)24(29)21(35-26)13-16-9-10-19-20(12-16)34-14-33-19/h5-10,12-13,23H,4,11,14H2,1-3H3/b21-13-. The van der Waals surface area contributed by atoms with Crippen LogP contribution in [0.5, 0.6) is 17.2 Å². The van der Waals surface area contributed by atoms with Gasteiger partial charge in [0.15, 0.2) is 16.3 Å². The number of fused-ring (bicyclic) bond motifs is 2. The van der Waals surface area contributed by atoms with Gasteiger partial charge in [-0.25, -0.2) is 9.79 Å². The van der Waals surface area contributed by atoms with Crippen LogP contribution in [0.15, 0.2) is 63.5 Å². The van der Waals surface area contributed by atoms with Gasteiger partial charge in [0.2, 0.25) is 6.79 Å². The Balaban J connectivity index is 1.70. The average Bonchev–Trinajstić information content (AvgIpc) is 3.45. The van der Waals surface area contributed by atoms with Gasteiger partial charge in [0.25, 0.3) is 5.56 Å². The van der Waals surface area contributed by atoms with Crippen molar-refractivity contribution in [3.05, 3.63) is 84.5 Å². The van der Waals surface area contributed by atoms with E-state index in [2.05, 4.69) is 4.99 Å². The van der Waals surface area contributed by atoms with E-state index in [0.717, 1.165) is 12.0 Å². The van der Waals surface area contributed by atoms with Gasteiger partial charge >= 0.3 is 5.97 Å². The van der Waals surface area contributed by atoms with Crippen molar-refractivity contribution in [1.82, 2.24) is 4.57 Å². The van der Waals surface area contributed by atoms with Crippen LogP contribution in [-0.4, -0.2) is 31.0 Å². The van der Waals surface area contributed by atoms with E-state index in [-0.39, 0.29) is 12.4 Å². The van der Waals surface area contributed by atoms with Crippen molar-refractivity contribution in [2.45, 2.75) is 26.3 Å². The van der Waals surface area contributed by atoms with Gasteiger partial charge in [-0.3, -0.25) is 9.36 Å². The zero-order valence-electron chi connectivity index (χ0n) is 19.6. The van der Waals surface area contributed by atoms with Crippen LogP contribution >= 0.6 is 11.3 Å². The highest BCUT2D eigenvalue weighted by molar-refractivity contribution is 7.07. The van der Waals surface area contributed by atoms with Crippen molar-refractivity contribution in [2.24, 2.45) is 4.99 Å². The number of carbonyl (C=O) groups is 1. The summed E-state index contributed by atoms with van der Waals surface area (Å²) in [5.41, 5.74) is 2.05. The lowest BCUT2D eigenvalue weighted by Crippen LogP contribution is -2.40. The maximum Gasteiger partial charge on any atom is 0.338 e. The van der Waals surface area contributed by atoms with E-state index < -0.39 is 12.0 Å². The average molecular weight is 493 g/mol. The number of allylic oxidation sites excluding steroid dienone is 1. The van der Waals surface area contributed by atoms with Gasteiger partial charge in [-0.1, -0.05) is 42.5 Å².